The summed E-state index contributed by atoms with van der Waals surface area (Å²) in [6.45, 7) is 1.46. The molecular formula is C9H12F3NS. The van der Waals surface area contributed by atoms with E-state index >= 15 is 0 Å². The summed E-state index contributed by atoms with van der Waals surface area (Å²) >= 11 is 1.13. The number of halogens is 3. The van der Waals surface area contributed by atoms with E-state index in [1.807, 2.05) is 6.92 Å². The number of hydrogen-bond donors (Lipinski definition) is 1. The van der Waals surface area contributed by atoms with Crippen LogP contribution in [0.25, 0.3) is 0 Å². The standard InChI is InChI=1S/C9H12F3NS/c1-2-6-3-4-14-8(6)7(5-13)9(10,11)12/h3-4,7H,2,5,13H2,1H3. The van der Waals surface area contributed by atoms with Gasteiger partial charge >= 0.3 is 6.18 Å². The number of rotatable bonds is 3. The molecule has 0 saturated heterocycles. The van der Waals surface area contributed by atoms with Crippen molar-refractivity contribution in [2.45, 2.75) is 25.4 Å². The molecular weight excluding hydrogens is 211 g/mol. The van der Waals surface area contributed by atoms with Crippen molar-refractivity contribution in [2.24, 2.45) is 5.73 Å². The van der Waals surface area contributed by atoms with Crippen LogP contribution in [0.1, 0.15) is 23.3 Å². The predicted octanol–water partition coefficient (Wildman–Crippen LogP) is 2.92. The first-order chi connectivity index (χ1) is 6.50. The Morgan fingerprint density at radius 3 is 2.57 bits per heavy atom. The summed E-state index contributed by atoms with van der Waals surface area (Å²) in [7, 11) is 0. The predicted molar refractivity (Wildman–Crippen MR) is 51.5 cm³/mol. The highest BCUT2D eigenvalue weighted by Crippen LogP contribution is 2.38. The largest absolute Gasteiger partial charge is 0.397 e. The number of nitrogens with two attached hydrogens (primary N) is 1. The third kappa shape index (κ3) is 2.27. The molecule has 0 spiro atoms. The second-order valence-corrected chi connectivity index (χ2v) is 3.94. The molecule has 2 N–H and O–H groups in total. The van der Waals surface area contributed by atoms with Crippen LogP contribution in [0.5, 0.6) is 0 Å². The van der Waals surface area contributed by atoms with E-state index in [0.29, 0.717) is 11.3 Å². The molecule has 0 aliphatic heterocycles. The highest BCUT2D eigenvalue weighted by atomic mass is 32.1. The first kappa shape index (κ1) is 11.5. The molecule has 0 bridgehead atoms. The first-order valence-electron chi connectivity index (χ1n) is 4.33. The lowest BCUT2D eigenvalue weighted by Crippen LogP contribution is -2.27. The summed E-state index contributed by atoms with van der Waals surface area (Å²) in [6.07, 6.45) is -3.62. The van der Waals surface area contributed by atoms with Crippen molar-refractivity contribution in [3.05, 3.63) is 21.9 Å². The molecule has 0 amide bonds. The van der Waals surface area contributed by atoms with E-state index in [-0.39, 0.29) is 6.54 Å². The zero-order chi connectivity index (χ0) is 10.8. The van der Waals surface area contributed by atoms with E-state index in [0.717, 1.165) is 16.9 Å². The minimum Gasteiger partial charge on any atom is -0.329 e. The molecule has 0 aliphatic rings. The third-order valence-corrected chi connectivity index (χ3v) is 3.18. The Hall–Kier alpha value is -0.550. The van der Waals surface area contributed by atoms with Crippen molar-refractivity contribution < 1.29 is 13.2 Å². The zero-order valence-electron chi connectivity index (χ0n) is 7.77. The van der Waals surface area contributed by atoms with Crippen LogP contribution in [0.4, 0.5) is 13.2 Å². The fraction of sp³-hybridized carbons (Fsp3) is 0.556. The molecule has 0 saturated carbocycles. The molecule has 0 aromatic carbocycles. The summed E-state index contributed by atoms with van der Waals surface area (Å²) < 4.78 is 37.6. The van der Waals surface area contributed by atoms with Gasteiger partial charge in [0.25, 0.3) is 0 Å². The number of thiophene rings is 1. The summed E-state index contributed by atoms with van der Waals surface area (Å²) in [6, 6.07) is 1.73. The molecule has 0 radical (unpaired) electrons. The smallest absolute Gasteiger partial charge is 0.329 e. The fourth-order valence-corrected chi connectivity index (χ4v) is 2.47. The lowest BCUT2D eigenvalue weighted by atomic mass is 10.0. The average molecular weight is 223 g/mol. The van der Waals surface area contributed by atoms with Gasteiger partial charge in [-0.1, -0.05) is 6.92 Å². The van der Waals surface area contributed by atoms with Crippen LogP contribution in [-0.4, -0.2) is 12.7 Å². The van der Waals surface area contributed by atoms with E-state index in [9.17, 15) is 13.2 Å². The summed E-state index contributed by atoms with van der Waals surface area (Å²) in [5.74, 6) is -1.50. The highest BCUT2D eigenvalue weighted by Gasteiger charge is 2.41. The van der Waals surface area contributed by atoms with Gasteiger partial charge in [0.1, 0.15) is 5.92 Å². The number of aryl methyl sites for hydroxylation is 1. The van der Waals surface area contributed by atoms with Crippen molar-refractivity contribution in [3.8, 4) is 0 Å². The molecule has 14 heavy (non-hydrogen) atoms. The minimum atomic E-state index is -4.23. The van der Waals surface area contributed by atoms with E-state index in [1.54, 1.807) is 11.4 Å². The van der Waals surface area contributed by atoms with Crippen LogP contribution in [-0.2, 0) is 6.42 Å². The lowest BCUT2D eigenvalue weighted by molar-refractivity contribution is -0.147. The second-order valence-electron chi connectivity index (χ2n) is 2.99. The maximum Gasteiger partial charge on any atom is 0.397 e. The van der Waals surface area contributed by atoms with Gasteiger partial charge in [0.05, 0.1) is 0 Å². The van der Waals surface area contributed by atoms with Crippen LogP contribution in [0.3, 0.4) is 0 Å². The quantitative estimate of drug-likeness (QED) is 0.837. The van der Waals surface area contributed by atoms with Crippen molar-refractivity contribution in [1.29, 1.82) is 0 Å². The summed E-state index contributed by atoms with van der Waals surface area (Å²) in [5, 5.41) is 1.68. The molecule has 0 aliphatic carbocycles. The molecule has 1 rings (SSSR count). The Morgan fingerprint density at radius 2 is 2.14 bits per heavy atom. The zero-order valence-corrected chi connectivity index (χ0v) is 8.58. The van der Waals surface area contributed by atoms with Gasteiger partial charge in [-0.05, 0) is 23.4 Å². The average Bonchev–Trinajstić information content (AvgIpc) is 2.51. The van der Waals surface area contributed by atoms with Crippen molar-refractivity contribution in [2.75, 3.05) is 6.54 Å². The van der Waals surface area contributed by atoms with Gasteiger partial charge in [-0.15, -0.1) is 11.3 Å². The second kappa shape index (κ2) is 4.31. The SMILES string of the molecule is CCc1ccsc1C(CN)C(F)(F)F. The molecule has 1 unspecified atom stereocenters. The maximum absolute atomic E-state index is 12.5. The van der Waals surface area contributed by atoms with Gasteiger partial charge in [-0.25, -0.2) is 0 Å². The van der Waals surface area contributed by atoms with Crippen molar-refractivity contribution in [1.82, 2.24) is 0 Å². The minimum absolute atomic E-state index is 0.363. The monoisotopic (exact) mass is 223 g/mol. The normalized spacial score (nSPS) is 14.4. The third-order valence-electron chi connectivity index (χ3n) is 2.11. The lowest BCUT2D eigenvalue weighted by Gasteiger charge is -2.18. The molecule has 1 heterocycles. The molecule has 5 heteroatoms. The van der Waals surface area contributed by atoms with Gasteiger partial charge in [-0.2, -0.15) is 13.2 Å². The molecule has 1 atom stereocenters. The van der Waals surface area contributed by atoms with Gasteiger partial charge in [0, 0.05) is 11.4 Å². The number of hydrogen-bond acceptors (Lipinski definition) is 2. The molecule has 0 fully saturated rings. The van der Waals surface area contributed by atoms with Crippen LogP contribution in [0.2, 0.25) is 0 Å². The molecule has 1 aromatic rings. The molecule has 1 nitrogen and oxygen atoms in total. The molecule has 80 valence electrons. The van der Waals surface area contributed by atoms with Crippen LogP contribution < -0.4 is 5.73 Å². The Kier molecular flexibility index (Phi) is 3.55. The Labute approximate surface area is 84.7 Å². The maximum atomic E-state index is 12.5. The molecule has 1 aromatic heterocycles. The highest BCUT2D eigenvalue weighted by molar-refractivity contribution is 7.10. The van der Waals surface area contributed by atoms with Crippen LogP contribution >= 0.6 is 11.3 Å². The van der Waals surface area contributed by atoms with E-state index < -0.39 is 12.1 Å². The first-order valence-corrected chi connectivity index (χ1v) is 5.21. The number of alkyl halides is 3. The Morgan fingerprint density at radius 1 is 1.50 bits per heavy atom. The topological polar surface area (TPSA) is 26.0 Å². The summed E-state index contributed by atoms with van der Waals surface area (Å²) in [4.78, 5) is 0.363. The van der Waals surface area contributed by atoms with Gasteiger partial charge in [0.2, 0.25) is 0 Å². The Bertz CT molecular complexity index is 292. The van der Waals surface area contributed by atoms with Crippen LogP contribution in [0, 0.1) is 0 Å². The van der Waals surface area contributed by atoms with Gasteiger partial charge in [0.15, 0.2) is 0 Å². The van der Waals surface area contributed by atoms with E-state index in [1.165, 1.54) is 0 Å². The van der Waals surface area contributed by atoms with Crippen molar-refractivity contribution >= 4 is 11.3 Å². The fourth-order valence-electron chi connectivity index (χ4n) is 1.33. The van der Waals surface area contributed by atoms with E-state index in [4.69, 9.17) is 5.73 Å². The summed E-state index contributed by atoms with van der Waals surface area (Å²) in [5.41, 5.74) is 5.91. The van der Waals surface area contributed by atoms with E-state index in [2.05, 4.69) is 0 Å². The van der Waals surface area contributed by atoms with Gasteiger partial charge < -0.3 is 5.73 Å². The van der Waals surface area contributed by atoms with Gasteiger partial charge in [-0.3, -0.25) is 0 Å². The van der Waals surface area contributed by atoms with Crippen LogP contribution in [0.15, 0.2) is 11.4 Å². The Balaban J connectivity index is 3.01. The van der Waals surface area contributed by atoms with Crippen molar-refractivity contribution in [3.63, 3.8) is 0 Å².